The highest BCUT2D eigenvalue weighted by molar-refractivity contribution is 5.91. The minimum Gasteiger partial charge on any atom is -0.356 e. The van der Waals surface area contributed by atoms with Gasteiger partial charge in [0.05, 0.1) is 11.7 Å². The Labute approximate surface area is 86.7 Å². The summed E-state index contributed by atoms with van der Waals surface area (Å²) in [6.07, 6.45) is 7.22. The zero-order valence-electron chi connectivity index (χ0n) is 7.92. The number of oxime groups is 1. The zero-order valence-corrected chi connectivity index (χ0v) is 7.92. The molecule has 0 unspecified atom stereocenters. The van der Waals surface area contributed by atoms with Gasteiger partial charge >= 0.3 is 0 Å². The first-order chi connectivity index (χ1) is 7.45. The number of allylic oxidation sites excluding steroid dienone is 1. The summed E-state index contributed by atoms with van der Waals surface area (Å²) in [7, 11) is 0. The lowest BCUT2D eigenvalue weighted by Gasteiger charge is -2.05. The van der Waals surface area contributed by atoms with Gasteiger partial charge in [0.2, 0.25) is 0 Å². The summed E-state index contributed by atoms with van der Waals surface area (Å²) in [5.41, 5.74) is 1.94. The molecule has 15 heavy (non-hydrogen) atoms. The fraction of sp³-hybridized carbons (Fsp3) is 0. The number of hydrogen-bond acceptors (Lipinski definition) is 3. The maximum atomic E-state index is 5.33. The molecule has 0 saturated heterocycles. The molecule has 0 N–H and O–H groups in total. The molecule has 3 rings (SSSR count). The minimum atomic E-state index is 0.769. The Morgan fingerprint density at radius 2 is 2.13 bits per heavy atom. The molecule has 2 heterocycles. The van der Waals surface area contributed by atoms with E-state index in [9.17, 15) is 0 Å². The first-order valence-electron chi connectivity index (χ1n) is 4.70. The Morgan fingerprint density at radius 1 is 1.13 bits per heavy atom. The van der Waals surface area contributed by atoms with E-state index in [1.165, 1.54) is 0 Å². The molecule has 0 amide bonds. The van der Waals surface area contributed by atoms with E-state index in [-0.39, 0.29) is 0 Å². The number of hydrogen-bond donors (Lipinski definition) is 0. The van der Waals surface area contributed by atoms with Gasteiger partial charge in [-0.1, -0.05) is 5.16 Å². The Bertz CT molecular complexity index is 573. The van der Waals surface area contributed by atoms with Crippen molar-refractivity contribution in [2.24, 2.45) is 5.16 Å². The van der Waals surface area contributed by atoms with Crippen LogP contribution in [0.15, 0.2) is 41.7 Å². The van der Waals surface area contributed by atoms with Crippen molar-refractivity contribution < 1.29 is 4.84 Å². The molecule has 1 aliphatic rings. The van der Waals surface area contributed by atoms with Crippen molar-refractivity contribution in [3.8, 4) is 5.75 Å². The lowest BCUT2D eigenvalue weighted by Crippen LogP contribution is -1.88. The summed E-state index contributed by atoms with van der Waals surface area (Å²) in [5, 5.41) is 4.81. The Hall–Kier alpha value is -2.16. The molecule has 0 aliphatic carbocycles. The summed E-state index contributed by atoms with van der Waals surface area (Å²) in [6, 6.07) is 7.84. The van der Waals surface area contributed by atoms with Crippen molar-refractivity contribution in [2.75, 3.05) is 0 Å². The summed E-state index contributed by atoms with van der Waals surface area (Å²) in [5.74, 6) is 0.769. The Balaban J connectivity index is 2.38. The van der Waals surface area contributed by atoms with Crippen LogP contribution in [0.2, 0.25) is 0 Å². The summed E-state index contributed by atoms with van der Waals surface area (Å²) < 4.78 is 0. The minimum absolute atomic E-state index is 0.769. The third kappa shape index (κ3) is 1.29. The van der Waals surface area contributed by atoms with Gasteiger partial charge in [0, 0.05) is 17.1 Å². The average molecular weight is 196 g/mol. The van der Waals surface area contributed by atoms with Crippen LogP contribution in [0.4, 0.5) is 0 Å². The molecular weight excluding hydrogens is 188 g/mol. The van der Waals surface area contributed by atoms with E-state index in [0.29, 0.717) is 0 Å². The number of aromatic nitrogens is 1. The van der Waals surface area contributed by atoms with E-state index in [0.717, 1.165) is 22.2 Å². The van der Waals surface area contributed by atoms with Crippen LogP contribution in [0.3, 0.4) is 0 Å². The smallest absolute Gasteiger partial charge is 0.174 e. The first-order valence-corrected chi connectivity index (χ1v) is 4.70. The monoisotopic (exact) mass is 196 g/mol. The number of fused-ring (bicyclic) bond motifs is 3. The second kappa shape index (κ2) is 3.20. The van der Waals surface area contributed by atoms with Gasteiger partial charge < -0.3 is 4.84 Å². The third-order valence-corrected chi connectivity index (χ3v) is 2.33. The van der Waals surface area contributed by atoms with E-state index in [1.54, 1.807) is 12.4 Å². The molecule has 3 nitrogen and oxygen atoms in total. The third-order valence-electron chi connectivity index (χ3n) is 2.33. The molecule has 1 aromatic carbocycles. The van der Waals surface area contributed by atoms with Crippen molar-refractivity contribution >= 4 is 23.2 Å². The van der Waals surface area contributed by atoms with Gasteiger partial charge in [-0.05, 0) is 36.4 Å². The van der Waals surface area contributed by atoms with Crippen LogP contribution in [0, 0.1) is 0 Å². The molecule has 0 bridgehead atoms. The number of nitrogens with zero attached hydrogens (tertiary/aromatic N) is 2. The highest BCUT2D eigenvalue weighted by atomic mass is 16.6. The van der Waals surface area contributed by atoms with Gasteiger partial charge in [0.1, 0.15) is 0 Å². The Kier molecular flexibility index (Phi) is 1.75. The molecule has 2 aromatic rings. The fourth-order valence-corrected chi connectivity index (χ4v) is 1.64. The second-order valence-corrected chi connectivity index (χ2v) is 3.26. The summed E-state index contributed by atoms with van der Waals surface area (Å²) in [6.45, 7) is 0. The maximum absolute atomic E-state index is 5.33. The van der Waals surface area contributed by atoms with Gasteiger partial charge in [-0.3, -0.25) is 4.98 Å². The van der Waals surface area contributed by atoms with Crippen LogP contribution in [0.25, 0.3) is 17.0 Å². The number of pyridine rings is 1. The van der Waals surface area contributed by atoms with Gasteiger partial charge in [-0.2, -0.15) is 0 Å². The maximum Gasteiger partial charge on any atom is 0.174 e. The van der Waals surface area contributed by atoms with Crippen LogP contribution in [0.5, 0.6) is 5.75 Å². The Morgan fingerprint density at radius 3 is 3.13 bits per heavy atom. The van der Waals surface area contributed by atoms with Gasteiger partial charge in [-0.15, -0.1) is 0 Å². The van der Waals surface area contributed by atoms with Crippen LogP contribution >= 0.6 is 0 Å². The standard InChI is InChI=1S/C12H8N2O/c1-3-9-5-6-11-10(4-2-7-13-11)12(9)15-14-8-1/h1-8H. The average Bonchev–Trinajstić information content (AvgIpc) is 2.54. The molecule has 1 aliphatic heterocycles. The molecule has 3 heteroatoms. The van der Waals surface area contributed by atoms with Gasteiger partial charge in [0.25, 0.3) is 0 Å². The number of benzene rings is 1. The predicted octanol–water partition coefficient (Wildman–Crippen LogP) is 2.63. The number of rotatable bonds is 0. The van der Waals surface area contributed by atoms with Gasteiger partial charge in [-0.25, -0.2) is 0 Å². The topological polar surface area (TPSA) is 34.5 Å². The van der Waals surface area contributed by atoms with E-state index >= 15 is 0 Å². The zero-order chi connectivity index (χ0) is 10.1. The normalized spacial score (nSPS) is 13.3. The molecule has 1 aromatic heterocycles. The van der Waals surface area contributed by atoms with Crippen molar-refractivity contribution in [3.05, 3.63) is 42.1 Å². The van der Waals surface area contributed by atoms with Crippen molar-refractivity contribution in [2.45, 2.75) is 0 Å². The molecule has 0 fully saturated rings. The van der Waals surface area contributed by atoms with Crippen LogP contribution in [0.1, 0.15) is 5.56 Å². The fourth-order valence-electron chi connectivity index (χ4n) is 1.64. The molecule has 0 radical (unpaired) electrons. The largest absolute Gasteiger partial charge is 0.356 e. The van der Waals surface area contributed by atoms with Crippen molar-refractivity contribution in [3.63, 3.8) is 0 Å². The lowest BCUT2D eigenvalue weighted by molar-refractivity contribution is 0.348. The SMILES string of the molecule is C1=Cc2ccc3ncccc3c2ON=C1. The molecule has 0 saturated carbocycles. The van der Waals surface area contributed by atoms with Crippen LogP contribution in [-0.4, -0.2) is 11.2 Å². The highest BCUT2D eigenvalue weighted by Crippen LogP contribution is 2.30. The molecule has 0 spiro atoms. The molecule has 72 valence electrons. The molecule has 0 atom stereocenters. The van der Waals surface area contributed by atoms with E-state index < -0.39 is 0 Å². The summed E-state index contributed by atoms with van der Waals surface area (Å²) in [4.78, 5) is 9.59. The highest BCUT2D eigenvalue weighted by Gasteiger charge is 2.08. The van der Waals surface area contributed by atoms with Gasteiger partial charge in [0.15, 0.2) is 5.75 Å². The quantitative estimate of drug-likeness (QED) is 0.649. The first kappa shape index (κ1) is 8.17. The second-order valence-electron chi connectivity index (χ2n) is 3.26. The van der Waals surface area contributed by atoms with E-state index in [2.05, 4.69) is 10.1 Å². The summed E-state index contributed by atoms with van der Waals surface area (Å²) >= 11 is 0. The molecular formula is C12H8N2O. The van der Waals surface area contributed by atoms with Crippen molar-refractivity contribution in [1.82, 2.24) is 4.98 Å². The van der Waals surface area contributed by atoms with Crippen LogP contribution < -0.4 is 4.84 Å². The van der Waals surface area contributed by atoms with E-state index in [1.807, 2.05) is 36.4 Å². The lowest BCUT2D eigenvalue weighted by atomic mass is 10.1. The predicted molar refractivity (Wildman–Crippen MR) is 59.9 cm³/mol. The van der Waals surface area contributed by atoms with E-state index in [4.69, 9.17) is 4.84 Å². The van der Waals surface area contributed by atoms with Crippen LogP contribution in [-0.2, 0) is 0 Å². The van der Waals surface area contributed by atoms with Crippen molar-refractivity contribution in [1.29, 1.82) is 0 Å².